The zero-order valence-corrected chi connectivity index (χ0v) is 9.16. The Kier molecular flexibility index (Phi) is 3.39. The summed E-state index contributed by atoms with van der Waals surface area (Å²) in [6.45, 7) is 1.48. The van der Waals surface area contributed by atoms with E-state index in [1.54, 1.807) is 9.80 Å². The first kappa shape index (κ1) is 10.9. The number of carbonyl (C=O) groups is 2. The van der Waals surface area contributed by atoms with Gasteiger partial charge >= 0.3 is 0 Å². The van der Waals surface area contributed by atoms with Crippen LogP contribution in [0.2, 0.25) is 0 Å². The van der Waals surface area contributed by atoms with Crippen molar-refractivity contribution in [1.29, 1.82) is 0 Å². The molecule has 0 aliphatic carbocycles. The zero-order chi connectivity index (χ0) is 11.4. The molecule has 0 aromatic heterocycles. The van der Waals surface area contributed by atoms with Gasteiger partial charge in [-0.15, -0.1) is 0 Å². The molecule has 0 aromatic carbocycles. The molecule has 0 saturated heterocycles. The Hall–Kier alpha value is -1.58. The van der Waals surface area contributed by atoms with E-state index in [0.29, 0.717) is 0 Å². The highest BCUT2D eigenvalue weighted by molar-refractivity contribution is 5.53. The highest BCUT2D eigenvalue weighted by Crippen LogP contribution is 2.19. The van der Waals surface area contributed by atoms with Gasteiger partial charge in [-0.25, -0.2) is 0 Å². The van der Waals surface area contributed by atoms with E-state index in [9.17, 15) is 9.59 Å². The van der Waals surface area contributed by atoms with E-state index in [1.807, 2.05) is 12.2 Å². The minimum atomic E-state index is -0.00648. The second kappa shape index (κ2) is 4.96. The Labute approximate surface area is 95.2 Å². The van der Waals surface area contributed by atoms with Crippen LogP contribution in [0.15, 0.2) is 24.3 Å². The van der Waals surface area contributed by atoms with Gasteiger partial charge in [0.25, 0.3) is 0 Å². The van der Waals surface area contributed by atoms with Crippen LogP contribution < -0.4 is 0 Å². The van der Waals surface area contributed by atoms with Crippen LogP contribution in [0.1, 0.15) is 12.8 Å². The van der Waals surface area contributed by atoms with Gasteiger partial charge in [0.05, 0.1) is 12.1 Å². The third-order valence-corrected chi connectivity index (χ3v) is 3.16. The van der Waals surface area contributed by atoms with Gasteiger partial charge in [0.2, 0.25) is 12.8 Å². The lowest BCUT2D eigenvalue weighted by Gasteiger charge is -2.39. The molecule has 4 nitrogen and oxygen atoms in total. The molecule has 2 amide bonds. The van der Waals surface area contributed by atoms with E-state index < -0.39 is 0 Å². The van der Waals surface area contributed by atoms with Crippen molar-refractivity contribution in [2.75, 3.05) is 13.1 Å². The van der Waals surface area contributed by atoms with Gasteiger partial charge < -0.3 is 9.80 Å². The Bertz CT molecular complexity index is 293. The fourth-order valence-electron chi connectivity index (χ4n) is 2.30. The van der Waals surface area contributed by atoms with Crippen molar-refractivity contribution < 1.29 is 9.59 Å². The highest BCUT2D eigenvalue weighted by Gasteiger charge is 2.29. The molecule has 0 spiro atoms. The molecule has 2 atom stereocenters. The van der Waals surface area contributed by atoms with Gasteiger partial charge in [0.15, 0.2) is 0 Å². The Morgan fingerprint density at radius 3 is 1.69 bits per heavy atom. The molecule has 0 N–H and O–H groups in total. The summed E-state index contributed by atoms with van der Waals surface area (Å²) in [5.74, 6) is 0. The van der Waals surface area contributed by atoms with Crippen LogP contribution in [0.25, 0.3) is 0 Å². The number of hydrogen-bond donors (Lipinski definition) is 0. The third kappa shape index (κ3) is 2.01. The maximum absolute atomic E-state index is 11.0. The van der Waals surface area contributed by atoms with Gasteiger partial charge in [-0.1, -0.05) is 24.3 Å². The van der Waals surface area contributed by atoms with Crippen molar-refractivity contribution in [2.45, 2.75) is 24.9 Å². The van der Waals surface area contributed by atoms with Crippen molar-refractivity contribution in [3.8, 4) is 0 Å². The molecule has 2 aliphatic heterocycles. The Morgan fingerprint density at radius 2 is 1.31 bits per heavy atom. The fourth-order valence-corrected chi connectivity index (χ4v) is 2.30. The third-order valence-electron chi connectivity index (χ3n) is 3.16. The molecule has 2 heterocycles. The topological polar surface area (TPSA) is 40.6 Å². The van der Waals surface area contributed by atoms with Crippen LogP contribution in [0, 0.1) is 0 Å². The summed E-state index contributed by atoms with van der Waals surface area (Å²) in [5.41, 5.74) is 0. The largest absolute Gasteiger partial charge is 0.336 e. The van der Waals surface area contributed by atoms with Crippen LogP contribution in [0.5, 0.6) is 0 Å². The second-order valence-electron chi connectivity index (χ2n) is 4.10. The molecule has 16 heavy (non-hydrogen) atoms. The first-order valence-electron chi connectivity index (χ1n) is 5.62. The SMILES string of the molecule is O=CN1CCC=CC1C1C=CCCN1C=O. The summed E-state index contributed by atoms with van der Waals surface area (Å²) < 4.78 is 0. The predicted molar refractivity (Wildman–Crippen MR) is 60.6 cm³/mol. The normalized spacial score (nSPS) is 29.2. The standard InChI is InChI=1S/C12H16N2O2/c15-9-13-7-3-1-5-11(13)12-6-2-4-8-14(12)10-16/h1-2,5-6,9-12H,3-4,7-8H2. The zero-order valence-electron chi connectivity index (χ0n) is 9.16. The summed E-state index contributed by atoms with van der Waals surface area (Å²) in [5, 5.41) is 0. The molecule has 0 saturated carbocycles. The van der Waals surface area contributed by atoms with Gasteiger partial charge in [-0.05, 0) is 12.8 Å². The van der Waals surface area contributed by atoms with Crippen molar-refractivity contribution in [2.24, 2.45) is 0 Å². The molecule has 0 radical (unpaired) electrons. The number of nitrogens with zero attached hydrogens (tertiary/aromatic N) is 2. The molecule has 0 bridgehead atoms. The minimum Gasteiger partial charge on any atom is -0.336 e. The van der Waals surface area contributed by atoms with Crippen molar-refractivity contribution >= 4 is 12.8 Å². The van der Waals surface area contributed by atoms with Crippen molar-refractivity contribution in [1.82, 2.24) is 9.80 Å². The van der Waals surface area contributed by atoms with Gasteiger partial charge in [-0.2, -0.15) is 0 Å². The molecule has 86 valence electrons. The molecule has 2 aliphatic rings. The van der Waals surface area contributed by atoms with Gasteiger partial charge in [-0.3, -0.25) is 9.59 Å². The maximum Gasteiger partial charge on any atom is 0.210 e. The maximum atomic E-state index is 11.0. The Balaban J connectivity index is 2.19. The van der Waals surface area contributed by atoms with Gasteiger partial charge in [0.1, 0.15) is 0 Å². The molecule has 2 unspecified atom stereocenters. The minimum absolute atomic E-state index is 0.00648. The quantitative estimate of drug-likeness (QED) is 0.515. The van der Waals surface area contributed by atoms with Crippen LogP contribution in [-0.4, -0.2) is 47.8 Å². The van der Waals surface area contributed by atoms with Crippen molar-refractivity contribution in [3.05, 3.63) is 24.3 Å². The summed E-state index contributed by atoms with van der Waals surface area (Å²) in [6.07, 6.45) is 11.7. The lowest BCUT2D eigenvalue weighted by Crippen LogP contribution is -2.51. The van der Waals surface area contributed by atoms with E-state index >= 15 is 0 Å². The molecule has 2 rings (SSSR count). The molecular formula is C12H16N2O2. The molecular weight excluding hydrogens is 204 g/mol. The predicted octanol–water partition coefficient (Wildman–Crippen LogP) is 0.560. The first-order chi connectivity index (χ1) is 7.86. The van der Waals surface area contributed by atoms with Crippen LogP contribution >= 0.6 is 0 Å². The van der Waals surface area contributed by atoms with Gasteiger partial charge in [0, 0.05) is 13.1 Å². The fraction of sp³-hybridized carbons (Fsp3) is 0.500. The number of amides is 2. The summed E-state index contributed by atoms with van der Waals surface area (Å²) in [7, 11) is 0. The Morgan fingerprint density at radius 1 is 0.875 bits per heavy atom. The highest BCUT2D eigenvalue weighted by atomic mass is 16.1. The average Bonchev–Trinajstić information content (AvgIpc) is 2.38. The number of hydrogen-bond acceptors (Lipinski definition) is 2. The number of carbonyl (C=O) groups excluding carboxylic acids is 2. The molecule has 0 fully saturated rings. The van der Waals surface area contributed by atoms with E-state index in [4.69, 9.17) is 0 Å². The van der Waals surface area contributed by atoms with Crippen LogP contribution in [0.4, 0.5) is 0 Å². The molecule has 4 heteroatoms. The average molecular weight is 220 g/mol. The number of rotatable bonds is 3. The van der Waals surface area contributed by atoms with E-state index in [2.05, 4.69) is 12.2 Å². The van der Waals surface area contributed by atoms with E-state index in [-0.39, 0.29) is 12.1 Å². The lowest BCUT2D eigenvalue weighted by molar-refractivity contribution is -0.125. The summed E-state index contributed by atoms with van der Waals surface area (Å²) in [6, 6.07) is -0.0130. The smallest absolute Gasteiger partial charge is 0.210 e. The summed E-state index contributed by atoms with van der Waals surface area (Å²) in [4.78, 5) is 25.5. The van der Waals surface area contributed by atoms with E-state index in [0.717, 1.165) is 38.8 Å². The monoisotopic (exact) mass is 220 g/mol. The summed E-state index contributed by atoms with van der Waals surface area (Å²) >= 11 is 0. The van der Waals surface area contributed by atoms with Crippen LogP contribution in [-0.2, 0) is 9.59 Å². The van der Waals surface area contributed by atoms with Crippen molar-refractivity contribution in [3.63, 3.8) is 0 Å². The first-order valence-corrected chi connectivity index (χ1v) is 5.62. The van der Waals surface area contributed by atoms with Crippen LogP contribution in [0.3, 0.4) is 0 Å². The molecule has 0 aromatic rings. The lowest BCUT2D eigenvalue weighted by atomic mass is 9.98. The second-order valence-corrected chi connectivity index (χ2v) is 4.10. The van der Waals surface area contributed by atoms with E-state index in [1.165, 1.54) is 0 Å².